The van der Waals surface area contributed by atoms with Gasteiger partial charge in [-0.25, -0.2) is 0 Å². The molecule has 1 aliphatic rings. The quantitative estimate of drug-likeness (QED) is 0.929. The molecule has 1 N–H and O–H groups in total. The first kappa shape index (κ1) is 16.0. The summed E-state index contributed by atoms with van der Waals surface area (Å²) >= 11 is 1.64. The van der Waals surface area contributed by atoms with Crippen molar-refractivity contribution in [1.29, 1.82) is 0 Å². The van der Waals surface area contributed by atoms with Crippen molar-refractivity contribution in [2.45, 2.75) is 58.7 Å². The third-order valence-corrected chi connectivity index (χ3v) is 5.32. The molecule has 0 spiro atoms. The summed E-state index contributed by atoms with van der Waals surface area (Å²) in [5, 5.41) is 4.90. The van der Waals surface area contributed by atoms with Crippen LogP contribution in [0, 0.1) is 5.92 Å². The highest BCUT2D eigenvalue weighted by atomic mass is 32.1. The van der Waals surface area contributed by atoms with Crippen molar-refractivity contribution in [1.82, 2.24) is 10.2 Å². The Balaban J connectivity index is 2.46. The van der Waals surface area contributed by atoms with Gasteiger partial charge in [0, 0.05) is 4.88 Å². The summed E-state index contributed by atoms with van der Waals surface area (Å²) in [7, 11) is 0. The number of nitrogens with one attached hydrogen (secondary N) is 1. The maximum absolute atomic E-state index is 13.0. The van der Waals surface area contributed by atoms with Gasteiger partial charge in [0.2, 0.25) is 11.8 Å². The second-order valence-electron chi connectivity index (χ2n) is 6.27. The summed E-state index contributed by atoms with van der Waals surface area (Å²) < 4.78 is 0. The van der Waals surface area contributed by atoms with Crippen LogP contribution in [0.4, 0.5) is 0 Å². The second kappa shape index (κ2) is 5.79. The first-order valence-corrected chi connectivity index (χ1v) is 8.38. The smallest absolute Gasteiger partial charge is 0.249 e. The zero-order valence-electron chi connectivity index (χ0n) is 13.3. The van der Waals surface area contributed by atoms with Crippen LogP contribution in [0.15, 0.2) is 17.5 Å². The zero-order chi connectivity index (χ0) is 15.8. The Morgan fingerprint density at radius 2 is 2.10 bits per heavy atom. The first-order valence-electron chi connectivity index (χ1n) is 7.50. The molecule has 3 unspecified atom stereocenters. The Labute approximate surface area is 130 Å². The minimum Gasteiger partial charge on any atom is -0.340 e. The van der Waals surface area contributed by atoms with Crippen molar-refractivity contribution in [3.05, 3.63) is 22.4 Å². The van der Waals surface area contributed by atoms with Crippen LogP contribution < -0.4 is 5.32 Å². The van der Waals surface area contributed by atoms with Crippen molar-refractivity contribution in [3.8, 4) is 0 Å². The molecule has 0 saturated carbocycles. The Morgan fingerprint density at radius 3 is 2.57 bits per heavy atom. The van der Waals surface area contributed by atoms with E-state index < -0.39 is 11.6 Å². The zero-order valence-corrected chi connectivity index (χ0v) is 14.2. The molecule has 3 atom stereocenters. The molecule has 2 amide bonds. The van der Waals surface area contributed by atoms with E-state index in [1.807, 2.05) is 38.3 Å². The number of hydrogen-bond donors (Lipinski definition) is 1. The summed E-state index contributed by atoms with van der Waals surface area (Å²) in [5.74, 6) is 0.201. The Kier molecular flexibility index (Phi) is 4.42. The molecule has 116 valence electrons. The van der Waals surface area contributed by atoms with Crippen LogP contribution in [0.1, 0.15) is 52.0 Å². The molecule has 0 radical (unpaired) electrons. The van der Waals surface area contributed by atoms with E-state index in [9.17, 15) is 9.59 Å². The molecule has 0 aliphatic carbocycles. The number of carbonyl (C=O) groups excluding carboxylic acids is 2. The lowest BCUT2D eigenvalue weighted by Gasteiger charge is -2.47. The van der Waals surface area contributed by atoms with Crippen molar-refractivity contribution in [2.75, 3.05) is 0 Å². The van der Waals surface area contributed by atoms with Gasteiger partial charge in [-0.05, 0) is 37.6 Å². The van der Waals surface area contributed by atoms with Gasteiger partial charge >= 0.3 is 0 Å². The molecule has 1 aromatic heterocycles. The average Bonchev–Trinajstić information content (AvgIpc) is 2.94. The van der Waals surface area contributed by atoms with E-state index in [1.165, 1.54) is 0 Å². The van der Waals surface area contributed by atoms with Crippen LogP contribution in [-0.4, -0.2) is 28.3 Å². The van der Waals surface area contributed by atoms with Crippen molar-refractivity contribution in [3.63, 3.8) is 0 Å². The molecule has 2 heterocycles. The maximum atomic E-state index is 13.0. The van der Waals surface area contributed by atoms with Gasteiger partial charge in [0.25, 0.3) is 0 Å². The van der Waals surface area contributed by atoms with E-state index >= 15 is 0 Å². The van der Waals surface area contributed by atoms with Gasteiger partial charge in [-0.3, -0.25) is 9.59 Å². The number of amides is 2. The highest BCUT2D eigenvalue weighted by molar-refractivity contribution is 7.10. The molecular formula is C16H24N2O2S. The Morgan fingerprint density at radius 1 is 1.43 bits per heavy atom. The van der Waals surface area contributed by atoms with Crippen LogP contribution in [0.25, 0.3) is 0 Å². The summed E-state index contributed by atoms with van der Waals surface area (Å²) in [6, 6.07) is 3.55. The molecule has 1 aromatic rings. The van der Waals surface area contributed by atoms with Gasteiger partial charge in [0.05, 0.1) is 6.04 Å². The minimum atomic E-state index is -0.798. The minimum absolute atomic E-state index is 0.0178. The largest absolute Gasteiger partial charge is 0.340 e. The topological polar surface area (TPSA) is 49.4 Å². The third-order valence-electron chi connectivity index (χ3n) is 4.38. The molecule has 0 aromatic carbocycles. The molecule has 5 heteroatoms. The van der Waals surface area contributed by atoms with Crippen LogP contribution >= 0.6 is 11.3 Å². The highest BCUT2D eigenvalue weighted by Gasteiger charge is 2.48. The standard InChI is InChI=1S/C16H24N2O2S/c1-6-16(5)15(20)18(11(4)14(19)17-16)13(10(2)3)12-8-7-9-21-12/h7-11,13H,6H2,1-5H3,(H,17,19). The van der Waals surface area contributed by atoms with Gasteiger partial charge in [-0.2, -0.15) is 0 Å². The molecule has 1 saturated heterocycles. The van der Waals surface area contributed by atoms with E-state index in [-0.39, 0.29) is 23.8 Å². The SMILES string of the molecule is CCC1(C)NC(=O)C(C)N(C(c2cccs2)C(C)C)C1=O. The fraction of sp³-hybridized carbons (Fsp3) is 0.625. The lowest BCUT2D eigenvalue weighted by atomic mass is 9.88. The fourth-order valence-electron chi connectivity index (χ4n) is 2.87. The number of rotatable bonds is 4. The van der Waals surface area contributed by atoms with Gasteiger partial charge in [-0.1, -0.05) is 26.8 Å². The predicted octanol–water partition coefficient (Wildman–Crippen LogP) is 2.96. The predicted molar refractivity (Wildman–Crippen MR) is 85.0 cm³/mol. The second-order valence-corrected chi connectivity index (χ2v) is 7.25. The van der Waals surface area contributed by atoms with Gasteiger partial charge < -0.3 is 10.2 Å². The van der Waals surface area contributed by atoms with E-state index in [1.54, 1.807) is 16.2 Å². The average molecular weight is 308 g/mol. The molecule has 1 aliphatic heterocycles. The molecule has 1 fully saturated rings. The van der Waals surface area contributed by atoms with Gasteiger partial charge in [-0.15, -0.1) is 11.3 Å². The molecular weight excluding hydrogens is 284 g/mol. The summed E-state index contributed by atoms with van der Waals surface area (Å²) in [6.07, 6.45) is 0.593. The van der Waals surface area contributed by atoms with Crippen LogP contribution in [-0.2, 0) is 9.59 Å². The molecule has 4 nitrogen and oxygen atoms in total. The van der Waals surface area contributed by atoms with Crippen LogP contribution in [0.5, 0.6) is 0 Å². The van der Waals surface area contributed by atoms with E-state index in [0.29, 0.717) is 6.42 Å². The Hall–Kier alpha value is -1.36. The maximum Gasteiger partial charge on any atom is 0.249 e. The van der Waals surface area contributed by atoms with Gasteiger partial charge in [0.15, 0.2) is 0 Å². The number of piperazine rings is 1. The summed E-state index contributed by atoms with van der Waals surface area (Å²) in [6.45, 7) is 9.76. The number of hydrogen-bond acceptors (Lipinski definition) is 3. The summed E-state index contributed by atoms with van der Waals surface area (Å²) in [4.78, 5) is 28.2. The van der Waals surface area contributed by atoms with Gasteiger partial charge in [0.1, 0.15) is 11.6 Å². The van der Waals surface area contributed by atoms with Crippen LogP contribution in [0.2, 0.25) is 0 Å². The molecule has 0 bridgehead atoms. The van der Waals surface area contributed by atoms with Crippen molar-refractivity contribution < 1.29 is 9.59 Å². The molecule has 2 rings (SSSR count). The van der Waals surface area contributed by atoms with E-state index in [4.69, 9.17) is 0 Å². The normalized spacial score (nSPS) is 27.9. The number of carbonyl (C=O) groups is 2. The fourth-order valence-corrected chi connectivity index (χ4v) is 3.87. The Bertz CT molecular complexity index is 526. The lowest BCUT2D eigenvalue weighted by molar-refractivity contribution is -0.158. The van der Waals surface area contributed by atoms with Crippen molar-refractivity contribution >= 4 is 23.2 Å². The first-order chi connectivity index (χ1) is 9.81. The monoisotopic (exact) mass is 308 g/mol. The van der Waals surface area contributed by atoms with Crippen LogP contribution in [0.3, 0.4) is 0 Å². The number of thiophene rings is 1. The molecule has 21 heavy (non-hydrogen) atoms. The van der Waals surface area contributed by atoms with E-state index in [0.717, 1.165) is 4.88 Å². The lowest BCUT2D eigenvalue weighted by Crippen LogP contribution is -2.69. The number of nitrogens with zero attached hydrogens (tertiary/aromatic N) is 1. The van der Waals surface area contributed by atoms with Crippen molar-refractivity contribution in [2.24, 2.45) is 5.92 Å². The summed E-state index contributed by atoms with van der Waals surface area (Å²) in [5.41, 5.74) is -0.798. The van der Waals surface area contributed by atoms with E-state index in [2.05, 4.69) is 19.2 Å². The third kappa shape index (κ3) is 2.71. The highest BCUT2D eigenvalue weighted by Crippen LogP contribution is 2.37.